The molecule has 0 aliphatic carbocycles. The highest BCUT2D eigenvalue weighted by atomic mass is 16.5. The van der Waals surface area contributed by atoms with Gasteiger partial charge in [-0.05, 0) is 32.4 Å². The monoisotopic (exact) mass is 266 g/mol. The summed E-state index contributed by atoms with van der Waals surface area (Å²) < 4.78 is 10.5. The van der Waals surface area contributed by atoms with Crippen LogP contribution < -0.4 is 15.8 Å². The quantitative estimate of drug-likeness (QED) is 0.764. The highest BCUT2D eigenvalue weighted by Gasteiger charge is 2.11. The maximum atomic E-state index is 11.7. The summed E-state index contributed by atoms with van der Waals surface area (Å²) in [7, 11) is 1.60. The maximum Gasteiger partial charge on any atom is 0.258 e. The van der Waals surface area contributed by atoms with E-state index in [-0.39, 0.29) is 18.6 Å². The SMILES string of the molecule is COCC(C)NC(=O)COc1c(C)ccc(N)c1C. The van der Waals surface area contributed by atoms with Crippen LogP contribution in [-0.4, -0.2) is 32.3 Å². The average molecular weight is 266 g/mol. The number of aryl methyl sites for hydroxylation is 1. The van der Waals surface area contributed by atoms with Crippen LogP contribution in [-0.2, 0) is 9.53 Å². The van der Waals surface area contributed by atoms with E-state index in [9.17, 15) is 4.79 Å². The molecule has 3 N–H and O–H groups in total. The van der Waals surface area contributed by atoms with E-state index in [1.54, 1.807) is 7.11 Å². The fourth-order valence-corrected chi connectivity index (χ4v) is 1.81. The Labute approximate surface area is 114 Å². The normalized spacial score (nSPS) is 12.0. The van der Waals surface area contributed by atoms with Crippen molar-refractivity contribution >= 4 is 11.6 Å². The number of hydrogen-bond donors (Lipinski definition) is 2. The first-order valence-electron chi connectivity index (χ1n) is 6.22. The van der Waals surface area contributed by atoms with E-state index < -0.39 is 0 Å². The molecule has 0 fully saturated rings. The molecule has 0 heterocycles. The molecule has 0 aromatic heterocycles. The molecule has 0 radical (unpaired) electrons. The molecule has 1 atom stereocenters. The number of hydrogen-bond acceptors (Lipinski definition) is 4. The van der Waals surface area contributed by atoms with Crippen LogP contribution in [0.2, 0.25) is 0 Å². The van der Waals surface area contributed by atoms with Crippen molar-refractivity contribution in [1.82, 2.24) is 5.32 Å². The Morgan fingerprint density at radius 1 is 1.42 bits per heavy atom. The Hall–Kier alpha value is -1.75. The molecular weight excluding hydrogens is 244 g/mol. The molecule has 1 aromatic carbocycles. The minimum absolute atomic E-state index is 0.0286. The Morgan fingerprint density at radius 2 is 2.11 bits per heavy atom. The molecule has 1 unspecified atom stereocenters. The molecular formula is C14H22N2O3. The molecule has 5 heteroatoms. The van der Waals surface area contributed by atoms with Crippen molar-refractivity contribution < 1.29 is 14.3 Å². The summed E-state index contributed by atoms with van der Waals surface area (Å²) in [6.07, 6.45) is 0. The van der Waals surface area contributed by atoms with Crippen molar-refractivity contribution in [2.24, 2.45) is 0 Å². The highest BCUT2D eigenvalue weighted by Crippen LogP contribution is 2.27. The van der Waals surface area contributed by atoms with Crippen LogP contribution >= 0.6 is 0 Å². The number of amides is 1. The van der Waals surface area contributed by atoms with Gasteiger partial charge in [0.05, 0.1) is 6.61 Å². The molecule has 19 heavy (non-hydrogen) atoms. The lowest BCUT2D eigenvalue weighted by atomic mass is 10.1. The summed E-state index contributed by atoms with van der Waals surface area (Å²) in [4.78, 5) is 11.7. The van der Waals surface area contributed by atoms with Gasteiger partial charge in [0, 0.05) is 24.4 Å². The first-order chi connectivity index (χ1) is 8.95. The molecule has 106 valence electrons. The summed E-state index contributed by atoms with van der Waals surface area (Å²) in [5.41, 5.74) is 8.30. The smallest absolute Gasteiger partial charge is 0.258 e. The van der Waals surface area contributed by atoms with E-state index in [1.807, 2.05) is 32.9 Å². The number of carbonyl (C=O) groups is 1. The lowest BCUT2D eigenvalue weighted by Gasteiger charge is -2.16. The molecule has 1 rings (SSSR count). The predicted molar refractivity (Wildman–Crippen MR) is 75.3 cm³/mol. The lowest BCUT2D eigenvalue weighted by Crippen LogP contribution is -2.38. The Kier molecular flexibility index (Phi) is 5.63. The van der Waals surface area contributed by atoms with Crippen molar-refractivity contribution in [3.05, 3.63) is 23.3 Å². The number of carbonyl (C=O) groups excluding carboxylic acids is 1. The number of nitrogens with two attached hydrogens (primary N) is 1. The zero-order valence-corrected chi connectivity index (χ0v) is 11.9. The summed E-state index contributed by atoms with van der Waals surface area (Å²) in [5, 5.41) is 2.78. The van der Waals surface area contributed by atoms with Crippen LogP contribution in [0.4, 0.5) is 5.69 Å². The second-order valence-corrected chi connectivity index (χ2v) is 4.64. The van der Waals surface area contributed by atoms with Crippen molar-refractivity contribution in [3.8, 4) is 5.75 Å². The third-order valence-electron chi connectivity index (χ3n) is 2.82. The van der Waals surface area contributed by atoms with Crippen molar-refractivity contribution in [3.63, 3.8) is 0 Å². The van der Waals surface area contributed by atoms with Crippen molar-refractivity contribution in [2.75, 3.05) is 26.1 Å². The van der Waals surface area contributed by atoms with E-state index in [4.69, 9.17) is 15.2 Å². The van der Waals surface area contributed by atoms with Gasteiger partial charge in [-0.3, -0.25) is 4.79 Å². The summed E-state index contributed by atoms with van der Waals surface area (Å²) >= 11 is 0. The molecule has 0 saturated heterocycles. The second-order valence-electron chi connectivity index (χ2n) is 4.64. The van der Waals surface area contributed by atoms with Gasteiger partial charge >= 0.3 is 0 Å². The van der Waals surface area contributed by atoms with Crippen LogP contribution in [0.5, 0.6) is 5.75 Å². The number of methoxy groups -OCH3 is 1. The van der Waals surface area contributed by atoms with E-state index >= 15 is 0 Å². The molecule has 0 spiro atoms. The average Bonchev–Trinajstić information content (AvgIpc) is 2.34. The number of nitrogens with one attached hydrogen (secondary N) is 1. The maximum absolute atomic E-state index is 11.7. The van der Waals surface area contributed by atoms with Crippen molar-refractivity contribution in [2.45, 2.75) is 26.8 Å². The minimum atomic E-state index is -0.175. The highest BCUT2D eigenvalue weighted by molar-refractivity contribution is 5.78. The zero-order chi connectivity index (χ0) is 14.4. The van der Waals surface area contributed by atoms with Crippen LogP contribution in [0, 0.1) is 13.8 Å². The fourth-order valence-electron chi connectivity index (χ4n) is 1.81. The van der Waals surface area contributed by atoms with Crippen LogP contribution in [0.15, 0.2) is 12.1 Å². The van der Waals surface area contributed by atoms with E-state index in [2.05, 4.69) is 5.32 Å². The van der Waals surface area contributed by atoms with E-state index in [0.717, 1.165) is 11.1 Å². The molecule has 1 amide bonds. The van der Waals surface area contributed by atoms with Gasteiger partial charge in [0.2, 0.25) is 0 Å². The Balaban J connectivity index is 2.58. The van der Waals surface area contributed by atoms with Crippen LogP contribution in [0.3, 0.4) is 0 Å². The van der Waals surface area contributed by atoms with E-state index in [0.29, 0.717) is 18.0 Å². The summed E-state index contributed by atoms with van der Waals surface area (Å²) in [6.45, 7) is 6.12. The Morgan fingerprint density at radius 3 is 2.74 bits per heavy atom. The summed E-state index contributed by atoms with van der Waals surface area (Å²) in [6, 6.07) is 3.67. The van der Waals surface area contributed by atoms with Gasteiger partial charge in [0.15, 0.2) is 6.61 Å². The number of nitrogen functional groups attached to an aromatic ring is 1. The fraction of sp³-hybridized carbons (Fsp3) is 0.500. The second kappa shape index (κ2) is 6.99. The number of rotatable bonds is 6. The van der Waals surface area contributed by atoms with Gasteiger partial charge in [-0.2, -0.15) is 0 Å². The summed E-state index contributed by atoms with van der Waals surface area (Å²) in [5.74, 6) is 0.500. The standard InChI is InChI=1S/C14H22N2O3/c1-9-5-6-12(15)11(3)14(9)19-8-13(17)16-10(2)7-18-4/h5-6,10H,7-8,15H2,1-4H3,(H,16,17). The molecule has 0 aliphatic rings. The molecule has 5 nitrogen and oxygen atoms in total. The number of anilines is 1. The van der Waals surface area contributed by atoms with Gasteiger partial charge in [0.25, 0.3) is 5.91 Å². The third kappa shape index (κ3) is 4.44. The molecule has 0 aliphatic heterocycles. The van der Waals surface area contributed by atoms with Gasteiger partial charge in [-0.25, -0.2) is 0 Å². The third-order valence-corrected chi connectivity index (χ3v) is 2.82. The minimum Gasteiger partial charge on any atom is -0.483 e. The predicted octanol–water partition coefficient (Wildman–Crippen LogP) is 1.42. The Bertz CT molecular complexity index is 447. The van der Waals surface area contributed by atoms with Gasteiger partial charge in [-0.1, -0.05) is 6.07 Å². The van der Waals surface area contributed by atoms with Gasteiger partial charge in [-0.15, -0.1) is 0 Å². The number of benzene rings is 1. The zero-order valence-electron chi connectivity index (χ0n) is 11.9. The lowest BCUT2D eigenvalue weighted by molar-refractivity contribution is -0.124. The van der Waals surface area contributed by atoms with Gasteiger partial charge < -0.3 is 20.5 Å². The largest absolute Gasteiger partial charge is 0.483 e. The first-order valence-corrected chi connectivity index (χ1v) is 6.22. The number of ether oxygens (including phenoxy) is 2. The van der Waals surface area contributed by atoms with Crippen LogP contribution in [0.25, 0.3) is 0 Å². The van der Waals surface area contributed by atoms with Gasteiger partial charge in [0.1, 0.15) is 5.75 Å². The molecule has 0 bridgehead atoms. The molecule has 0 saturated carbocycles. The van der Waals surface area contributed by atoms with Crippen LogP contribution in [0.1, 0.15) is 18.1 Å². The van der Waals surface area contributed by atoms with E-state index in [1.165, 1.54) is 0 Å². The van der Waals surface area contributed by atoms with Crippen molar-refractivity contribution in [1.29, 1.82) is 0 Å². The topological polar surface area (TPSA) is 73.6 Å². The first kappa shape index (κ1) is 15.3. The molecule has 1 aromatic rings.